The molecule has 0 saturated heterocycles. The Morgan fingerprint density at radius 3 is 1.61 bits per heavy atom. The number of halogens is 1. The van der Waals surface area contributed by atoms with Crippen molar-refractivity contribution in [2.45, 2.75) is 84.3 Å². The van der Waals surface area contributed by atoms with E-state index < -0.39 is 23.4 Å². The maximum atomic E-state index is 13.0. The maximum Gasteiger partial charge on any atom is 0.410 e. The van der Waals surface area contributed by atoms with E-state index in [1.807, 2.05) is 65.8 Å². The quantitative estimate of drug-likeness (QED) is 0.166. The highest BCUT2D eigenvalue weighted by molar-refractivity contribution is 5.85. The van der Waals surface area contributed by atoms with E-state index in [4.69, 9.17) is 19.9 Å². The molecular formula is C35H53ClN4O6. The minimum Gasteiger partial charge on any atom is -0.449 e. The first kappa shape index (κ1) is 38.7. The number of alkyl carbamates (subject to hydrolysis) is 1. The summed E-state index contributed by atoms with van der Waals surface area (Å²) >= 11 is 0. The van der Waals surface area contributed by atoms with Crippen molar-refractivity contribution in [2.75, 3.05) is 45.9 Å². The van der Waals surface area contributed by atoms with E-state index in [9.17, 15) is 14.4 Å². The van der Waals surface area contributed by atoms with Crippen LogP contribution in [-0.4, -0.2) is 85.2 Å². The molecule has 0 bridgehead atoms. The van der Waals surface area contributed by atoms with Crippen molar-refractivity contribution in [3.05, 3.63) is 59.7 Å². The molecule has 2 aromatic rings. The second-order valence-electron chi connectivity index (χ2n) is 13.4. The lowest BCUT2D eigenvalue weighted by Crippen LogP contribution is -2.40. The number of amides is 3. The number of nitrogens with zero attached hydrogens (tertiary/aromatic N) is 2. The number of ether oxygens (including phenoxy) is 3. The molecule has 1 aliphatic carbocycles. The third-order valence-corrected chi connectivity index (χ3v) is 7.26. The Morgan fingerprint density at radius 1 is 0.717 bits per heavy atom. The molecule has 0 aliphatic heterocycles. The van der Waals surface area contributed by atoms with Crippen LogP contribution in [0.25, 0.3) is 11.1 Å². The highest BCUT2D eigenvalue weighted by Gasteiger charge is 2.29. The van der Waals surface area contributed by atoms with Crippen LogP contribution in [0.1, 0.15) is 84.3 Å². The molecule has 0 saturated carbocycles. The van der Waals surface area contributed by atoms with Gasteiger partial charge < -0.3 is 35.1 Å². The van der Waals surface area contributed by atoms with Crippen LogP contribution in [0.5, 0.6) is 0 Å². The van der Waals surface area contributed by atoms with E-state index in [-0.39, 0.29) is 31.0 Å². The number of unbranched alkanes of at least 4 members (excludes halogenated alkanes) is 1. The van der Waals surface area contributed by atoms with Gasteiger partial charge in [0.05, 0.1) is 0 Å². The Bertz CT molecular complexity index is 1230. The van der Waals surface area contributed by atoms with Gasteiger partial charge in [-0.25, -0.2) is 14.4 Å². The Hall–Kier alpha value is -3.50. The average molecular weight is 661 g/mol. The molecule has 0 heterocycles. The summed E-state index contributed by atoms with van der Waals surface area (Å²) < 4.78 is 16.8. The van der Waals surface area contributed by atoms with Gasteiger partial charge in [0.1, 0.15) is 17.8 Å². The molecule has 2 aromatic carbocycles. The van der Waals surface area contributed by atoms with Crippen LogP contribution in [-0.2, 0) is 14.2 Å². The lowest BCUT2D eigenvalue weighted by molar-refractivity contribution is 0.0208. The summed E-state index contributed by atoms with van der Waals surface area (Å²) in [6.07, 6.45) is 1.31. The average Bonchev–Trinajstić information content (AvgIpc) is 3.28. The number of nitrogens with two attached hydrogens (primary N) is 1. The summed E-state index contributed by atoms with van der Waals surface area (Å²) in [7, 11) is 0. The lowest BCUT2D eigenvalue weighted by Gasteiger charge is -2.29. The van der Waals surface area contributed by atoms with Gasteiger partial charge in [0, 0.05) is 38.6 Å². The van der Waals surface area contributed by atoms with Crippen LogP contribution >= 0.6 is 12.4 Å². The Kier molecular flexibility index (Phi) is 15.1. The Labute approximate surface area is 280 Å². The van der Waals surface area contributed by atoms with Crippen molar-refractivity contribution >= 4 is 30.7 Å². The number of nitrogens with one attached hydrogen (secondary N) is 1. The molecule has 3 rings (SSSR count). The van der Waals surface area contributed by atoms with E-state index in [0.29, 0.717) is 65.0 Å². The fraction of sp³-hybridized carbons (Fsp3) is 0.571. The van der Waals surface area contributed by atoms with Crippen LogP contribution in [0.3, 0.4) is 0 Å². The van der Waals surface area contributed by atoms with Gasteiger partial charge in [-0.1, -0.05) is 48.5 Å². The standard InChI is InChI=1S/C35H52N4O6.ClH/c1-34(2,3)44-32(41)38(23-13-19-36)21-11-12-22-39(33(42)45-35(4,5)6)24-14-20-37-31(40)43-25-30-28-17-9-7-15-26(28)27-16-8-10-18-29(27)30;/h7-10,15-18,30H,11-14,19-25,36H2,1-6H3,(H,37,40);1H. The molecule has 3 N–H and O–H groups in total. The van der Waals surface area contributed by atoms with Crippen LogP contribution in [0.4, 0.5) is 14.4 Å². The molecule has 0 fully saturated rings. The van der Waals surface area contributed by atoms with Crippen LogP contribution < -0.4 is 11.1 Å². The van der Waals surface area contributed by atoms with Gasteiger partial charge in [0.2, 0.25) is 0 Å². The van der Waals surface area contributed by atoms with Gasteiger partial charge in [-0.2, -0.15) is 0 Å². The molecule has 1 aliphatic rings. The third-order valence-electron chi connectivity index (χ3n) is 7.26. The first-order valence-corrected chi connectivity index (χ1v) is 16.0. The smallest absolute Gasteiger partial charge is 0.410 e. The number of hydrogen-bond donors (Lipinski definition) is 2. The van der Waals surface area contributed by atoms with Gasteiger partial charge >= 0.3 is 18.3 Å². The summed E-state index contributed by atoms with van der Waals surface area (Å²) in [4.78, 5) is 41.5. The molecule has 11 heteroatoms. The van der Waals surface area contributed by atoms with Gasteiger partial charge in [-0.05, 0) is 96.0 Å². The fourth-order valence-electron chi connectivity index (χ4n) is 5.24. The zero-order valence-electron chi connectivity index (χ0n) is 28.3. The molecule has 10 nitrogen and oxygen atoms in total. The van der Waals surface area contributed by atoms with Crippen molar-refractivity contribution in [3.8, 4) is 11.1 Å². The second-order valence-corrected chi connectivity index (χ2v) is 13.4. The van der Waals surface area contributed by atoms with Crippen molar-refractivity contribution < 1.29 is 28.6 Å². The van der Waals surface area contributed by atoms with Crippen LogP contribution in [0, 0.1) is 0 Å². The normalized spacial score (nSPS) is 12.3. The van der Waals surface area contributed by atoms with E-state index in [2.05, 4.69) is 29.6 Å². The Balaban J connectivity index is 0.00000736. The zero-order chi connectivity index (χ0) is 33.0. The first-order valence-electron chi connectivity index (χ1n) is 16.0. The lowest BCUT2D eigenvalue weighted by atomic mass is 9.98. The number of rotatable bonds is 14. The number of carbonyl (C=O) groups is 3. The van der Waals surface area contributed by atoms with Crippen molar-refractivity contribution in [1.29, 1.82) is 0 Å². The molecule has 3 amide bonds. The largest absolute Gasteiger partial charge is 0.449 e. The SMILES string of the molecule is CC(C)(C)OC(=O)N(CCCN)CCCCN(CCCNC(=O)OCC1c2ccccc2-c2ccccc21)C(=O)OC(C)(C)C.Cl. The van der Waals surface area contributed by atoms with E-state index in [1.165, 1.54) is 11.1 Å². The van der Waals surface area contributed by atoms with Crippen molar-refractivity contribution in [1.82, 2.24) is 15.1 Å². The highest BCUT2D eigenvalue weighted by atomic mass is 35.5. The molecule has 46 heavy (non-hydrogen) atoms. The number of benzene rings is 2. The van der Waals surface area contributed by atoms with Gasteiger partial charge in [-0.3, -0.25) is 0 Å². The van der Waals surface area contributed by atoms with Gasteiger partial charge in [-0.15, -0.1) is 12.4 Å². The minimum absolute atomic E-state index is 0. The molecule has 0 spiro atoms. The molecule has 0 atom stereocenters. The number of carbonyl (C=O) groups excluding carboxylic acids is 3. The van der Waals surface area contributed by atoms with Crippen molar-refractivity contribution in [2.24, 2.45) is 5.73 Å². The summed E-state index contributed by atoms with van der Waals surface area (Å²) in [6.45, 7) is 14.0. The maximum absolute atomic E-state index is 13.0. The number of hydrogen-bond acceptors (Lipinski definition) is 7. The summed E-state index contributed by atoms with van der Waals surface area (Å²) in [5, 5.41) is 2.82. The van der Waals surface area contributed by atoms with Gasteiger partial charge in [0.15, 0.2) is 0 Å². The predicted molar refractivity (Wildman–Crippen MR) is 183 cm³/mol. The van der Waals surface area contributed by atoms with E-state index in [0.717, 1.165) is 11.1 Å². The topological polar surface area (TPSA) is 123 Å². The van der Waals surface area contributed by atoms with Gasteiger partial charge in [0.25, 0.3) is 0 Å². The summed E-state index contributed by atoms with van der Waals surface area (Å²) in [6, 6.07) is 16.4. The molecule has 0 unspecified atom stereocenters. The summed E-state index contributed by atoms with van der Waals surface area (Å²) in [5.41, 5.74) is 9.13. The minimum atomic E-state index is -0.634. The summed E-state index contributed by atoms with van der Waals surface area (Å²) in [5.74, 6) is -0.00708. The Morgan fingerprint density at radius 2 is 1.15 bits per heavy atom. The molecular weight excluding hydrogens is 608 g/mol. The van der Waals surface area contributed by atoms with Crippen molar-refractivity contribution in [3.63, 3.8) is 0 Å². The zero-order valence-corrected chi connectivity index (χ0v) is 29.1. The van der Waals surface area contributed by atoms with Crippen LogP contribution in [0.2, 0.25) is 0 Å². The van der Waals surface area contributed by atoms with Crippen LogP contribution in [0.15, 0.2) is 48.5 Å². The molecule has 0 aromatic heterocycles. The van der Waals surface area contributed by atoms with E-state index >= 15 is 0 Å². The highest BCUT2D eigenvalue weighted by Crippen LogP contribution is 2.44. The third kappa shape index (κ3) is 12.4. The monoisotopic (exact) mass is 660 g/mol. The predicted octanol–water partition coefficient (Wildman–Crippen LogP) is 6.94. The molecule has 256 valence electrons. The second kappa shape index (κ2) is 18.0. The molecule has 0 radical (unpaired) electrons. The fourth-order valence-corrected chi connectivity index (χ4v) is 5.24. The first-order chi connectivity index (χ1) is 21.3. The number of fused-ring (bicyclic) bond motifs is 3. The van der Waals surface area contributed by atoms with E-state index in [1.54, 1.807) is 9.80 Å².